The summed E-state index contributed by atoms with van der Waals surface area (Å²) in [7, 11) is 0. The topological polar surface area (TPSA) is 12.9 Å². The molecule has 1 fully saturated rings. The predicted octanol–water partition coefficient (Wildman–Crippen LogP) is 4.98. The van der Waals surface area contributed by atoms with Gasteiger partial charge in [-0.25, -0.2) is 0 Å². The van der Waals surface area contributed by atoms with E-state index in [1.807, 2.05) is 12.3 Å². The maximum atomic E-state index is 4.70. The first-order valence-electron chi connectivity index (χ1n) is 8.04. The minimum Gasteiger partial charge on any atom is -0.261 e. The van der Waals surface area contributed by atoms with E-state index in [9.17, 15) is 0 Å². The van der Waals surface area contributed by atoms with Gasteiger partial charge >= 0.3 is 0 Å². The molecule has 1 aromatic carbocycles. The van der Waals surface area contributed by atoms with Crippen LogP contribution in [0, 0.1) is 11.8 Å². The van der Waals surface area contributed by atoms with Crippen LogP contribution in [0.1, 0.15) is 44.4 Å². The maximum absolute atomic E-state index is 4.70. The zero-order valence-corrected chi connectivity index (χ0v) is 13.0. The lowest BCUT2D eigenvalue weighted by Gasteiger charge is -2.49. The summed E-state index contributed by atoms with van der Waals surface area (Å²) in [5.41, 5.74) is 2.91. The standard InChI is InChI=1S/C20H24N/c1-16(2)18(15-17-9-4-3-5-10-17)20(12-8-13-20)19-11-6-7-14-21-19/h3-7,9-11,14,16H,8,12-13,15H2,1-2H3. The van der Waals surface area contributed by atoms with Crippen molar-refractivity contribution < 1.29 is 0 Å². The second kappa shape index (κ2) is 6.01. The van der Waals surface area contributed by atoms with Crippen LogP contribution >= 0.6 is 0 Å². The number of benzene rings is 1. The number of rotatable bonds is 5. The molecule has 0 saturated heterocycles. The third kappa shape index (κ3) is 2.74. The zero-order valence-electron chi connectivity index (χ0n) is 13.0. The summed E-state index contributed by atoms with van der Waals surface area (Å²) in [6.45, 7) is 4.67. The smallest absolute Gasteiger partial charge is 0.0471 e. The Morgan fingerprint density at radius 2 is 1.76 bits per heavy atom. The van der Waals surface area contributed by atoms with Crippen molar-refractivity contribution in [1.82, 2.24) is 4.98 Å². The Balaban J connectivity index is 1.92. The number of hydrogen-bond acceptors (Lipinski definition) is 1. The van der Waals surface area contributed by atoms with E-state index in [-0.39, 0.29) is 5.41 Å². The van der Waals surface area contributed by atoms with Gasteiger partial charge in [-0.3, -0.25) is 4.98 Å². The maximum Gasteiger partial charge on any atom is 0.0471 e. The number of aromatic nitrogens is 1. The van der Waals surface area contributed by atoms with Crippen LogP contribution in [-0.4, -0.2) is 4.98 Å². The van der Waals surface area contributed by atoms with E-state index in [0.29, 0.717) is 5.92 Å². The molecule has 0 atom stereocenters. The van der Waals surface area contributed by atoms with Gasteiger partial charge in [-0.1, -0.05) is 56.7 Å². The molecule has 3 rings (SSSR count). The molecule has 1 aromatic heterocycles. The molecular formula is C20H24N. The Kier molecular flexibility index (Phi) is 4.10. The van der Waals surface area contributed by atoms with E-state index in [1.165, 1.54) is 30.5 Å². The minimum absolute atomic E-state index is 0.214. The van der Waals surface area contributed by atoms with Gasteiger partial charge in [-0.05, 0) is 48.8 Å². The van der Waals surface area contributed by atoms with E-state index in [0.717, 1.165) is 6.42 Å². The van der Waals surface area contributed by atoms with Gasteiger partial charge in [0.1, 0.15) is 0 Å². The summed E-state index contributed by atoms with van der Waals surface area (Å²) in [6, 6.07) is 17.2. The Labute approximate surface area is 128 Å². The van der Waals surface area contributed by atoms with Gasteiger partial charge in [0.25, 0.3) is 0 Å². The van der Waals surface area contributed by atoms with Gasteiger partial charge in [-0.2, -0.15) is 0 Å². The molecule has 1 aliphatic carbocycles. The van der Waals surface area contributed by atoms with Crippen LogP contribution in [0.4, 0.5) is 0 Å². The summed E-state index contributed by atoms with van der Waals surface area (Å²) < 4.78 is 0. The van der Waals surface area contributed by atoms with E-state index in [4.69, 9.17) is 4.98 Å². The molecule has 0 N–H and O–H groups in total. The summed E-state index contributed by atoms with van der Waals surface area (Å²) in [6.07, 6.45) is 6.85. The molecule has 109 valence electrons. The van der Waals surface area contributed by atoms with Crippen molar-refractivity contribution in [2.45, 2.75) is 44.9 Å². The highest BCUT2D eigenvalue weighted by molar-refractivity contribution is 5.35. The van der Waals surface area contributed by atoms with E-state index < -0.39 is 0 Å². The molecule has 2 aromatic rings. The monoisotopic (exact) mass is 278 g/mol. The van der Waals surface area contributed by atoms with Crippen LogP contribution in [0.15, 0.2) is 54.7 Å². The van der Waals surface area contributed by atoms with Crippen LogP contribution in [0.3, 0.4) is 0 Å². The lowest BCUT2D eigenvalue weighted by molar-refractivity contribution is 0.218. The van der Waals surface area contributed by atoms with E-state index in [2.05, 4.69) is 56.3 Å². The fourth-order valence-corrected chi connectivity index (χ4v) is 3.66. The molecule has 1 aliphatic rings. The average molecular weight is 278 g/mol. The van der Waals surface area contributed by atoms with Crippen LogP contribution in [-0.2, 0) is 11.8 Å². The quantitative estimate of drug-likeness (QED) is 0.752. The molecule has 0 unspecified atom stereocenters. The second-order valence-electron chi connectivity index (χ2n) is 6.49. The molecule has 21 heavy (non-hydrogen) atoms. The first kappa shape index (κ1) is 14.3. The number of hydrogen-bond donors (Lipinski definition) is 0. The molecule has 0 amide bonds. The minimum atomic E-state index is 0.214. The lowest BCUT2D eigenvalue weighted by Crippen LogP contribution is -2.44. The van der Waals surface area contributed by atoms with Crippen molar-refractivity contribution in [1.29, 1.82) is 0 Å². The molecule has 1 nitrogen and oxygen atoms in total. The largest absolute Gasteiger partial charge is 0.261 e. The highest BCUT2D eigenvalue weighted by atomic mass is 14.7. The third-order valence-corrected chi connectivity index (χ3v) is 4.91. The van der Waals surface area contributed by atoms with E-state index >= 15 is 0 Å². The highest BCUT2D eigenvalue weighted by Crippen LogP contribution is 2.53. The Hall–Kier alpha value is -1.63. The summed E-state index contributed by atoms with van der Waals surface area (Å²) in [4.78, 5) is 4.70. The van der Waals surface area contributed by atoms with Gasteiger partial charge in [0.2, 0.25) is 0 Å². The van der Waals surface area contributed by atoms with Gasteiger partial charge < -0.3 is 0 Å². The SMILES string of the molecule is CC(C)[C](Cc1ccccc1)C1(c2ccccn2)CCC1. The number of nitrogens with zero attached hydrogens (tertiary/aromatic N) is 1. The first-order chi connectivity index (χ1) is 10.2. The Bertz CT molecular complexity index is 555. The van der Waals surface area contributed by atoms with Gasteiger partial charge in [0, 0.05) is 17.3 Å². The molecule has 1 radical (unpaired) electrons. The fraction of sp³-hybridized carbons (Fsp3) is 0.400. The summed E-state index contributed by atoms with van der Waals surface area (Å²) >= 11 is 0. The van der Waals surface area contributed by atoms with Gasteiger partial charge in [0.15, 0.2) is 0 Å². The van der Waals surface area contributed by atoms with Crippen molar-refractivity contribution in [3.8, 4) is 0 Å². The lowest BCUT2D eigenvalue weighted by atomic mass is 9.55. The van der Waals surface area contributed by atoms with Crippen molar-refractivity contribution in [3.05, 3.63) is 71.9 Å². The van der Waals surface area contributed by atoms with Crippen LogP contribution in [0.5, 0.6) is 0 Å². The second-order valence-corrected chi connectivity index (χ2v) is 6.49. The molecule has 1 heterocycles. The predicted molar refractivity (Wildman–Crippen MR) is 88.0 cm³/mol. The van der Waals surface area contributed by atoms with Crippen LogP contribution in [0.25, 0.3) is 0 Å². The van der Waals surface area contributed by atoms with Crippen molar-refractivity contribution >= 4 is 0 Å². The van der Waals surface area contributed by atoms with Gasteiger partial charge in [-0.15, -0.1) is 0 Å². The molecular weight excluding hydrogens is 254 g/mol. The summed E-state index contributed by atoms with van der Waals surface area (Å²) in [5, 5.41) is 0. The molecule has 0 spiro atoms. The van der Waals surface area contributed by atoms with Crippen molar-refractivity contribution in [2.24, 2.45) is 5.92 Å². The third-order valence-electron chi connectivity index (χ3n) is 4.91. The fourth-order valence-electron chi connectivity index (χ4n) is 3.66. The van der Waals surface area contributed by atoms with Crippen molar-refractivity contribution in [2.75, 3.05) is 0 Å². The van der Waals surface area contributed by atoms with Gasteiger partial charge in [0.05, 0.1) is 0 Å². The molecule has 1 saturated carbocycles. The normalized spacial score (nSPS) is 17.0. The van der Waals surface area contributed by atoms with Crippen molar-refractivity contribution in [3.63, 3.8) is 0 Å². The average Bonchev–Trinajstić information content (AvgIpc) is 2.47. The number of pyridine rings is 1. The van der Waals surface area contributed by atoms with E-state index in [1.54, 1.807) is 5.92 Å². The Morgan fingerprint density at radius 1 is 1.05 bits per heavy atom. The molecule has 0 bridgehead atoms. The van der Waals surface area contributed by atoms with Crippen LogP contribution in [0.2, 0.25) is 0 Å². The highest BCUT2D eigenvalue weighted by Gasteiger charge is 2.47. The first-order valence-corrected chi connectivity index (χ1v) is 8.04. The molecule has 0 aliphatic heterocycles. The zero-order chi connectivity index (χ0) is 14.7. The molecule has 1 heteroatoms. The summed E-state index contributed by atoms with van der Waals surface area (Å²) in [5.74, 6) is 2.24. The Morgan fingerprint density at radius 3 is 2.29 bits per heavy atom. The van der Waals surface area contributed by atoms with Crippen LogP contribution < -0.4 is 0 Å².